The van der Waals surface area contributed by atoms with Crippen molar-refractivity contribution in [3.63, 3.8) is 0 Å². The number of aryl methyl sites for hydroxylation is 2. The van der Waals surface area contributed by atoms with Crippen molar-refractivity contribution in [2.24, 2.45) is 0 Å². The van der Waals surface area contributed by atoms with Crippen LogP contribution in [-0.2, 0) is 4.79 Å². The highest BCUT2D eigenvalue weighted by Gasteiger charge is 2.23. The molecule has 2 aromatic rings. The first kappa shape index (κ1) is 11.7. The number of amides is 1. The van der Waals surface area contributed by atoms with E-state index in [4.69, 9.17) is 0 Å². The fourth-order valence-corrected chi connectivity index (χ4v) is 2.30. The Balaban J connectivity index is 2.08. The van der Waals surface area contributed by atoms with Crippen molar-refractivity contribution in [1.29, 1.82) is 0 Å². The molecule has 0 saturated heterocycles. The molecule has 0 fully saturated rings. The SMILES string of the molecule is Cc1ccc(/C=C2\C(=O)Nc3ccccc32)cc1C. The fraction of sp³-hybridized carbons (Fsp3) is 0.118. The number of benzene rings is 2. The molecule has 1 aliphatic rings. The van der Waals surface area contributed by atoms with Gasteiger partial charge in [0.25, 0.3) is 5.91 Å². The van der Waals surface area contributed by atoms with E-state index in [0.29, 0.717) is 0 Å². The minimum Gasteiger partial charge on any atom is -0.321 e. The molecule has 0 radical (unpaired) electrons. The van der Waals surface area contributed by atoms with Gasteiger partial charge < -0.3 is 5.32 Å². The zero-order valence-corrected chi connectivity index (χ0v) is 11.0. The maximum absolute atomic E-state index is 12.0. The first-order valence-electron chi connectivity index (χ1n) is 6.35. The van der Waals surface area contributed by atoms with E-state index in [-0.39, 0.29) is 5.91 Å². The van der Waals surface area contributed by atoms with Crippen LogP contribution in [0.1, 0.15) is 22.3 Å². The minimum absolute atomic E-state index is 0.0283. The molecular weight excluding hydrogens is 234 g/mol. The molecule has 1 amide bonds. The maximum Gasteiger partial charge on any atom is 0.256 e. The number of hydrogen-bond acceptors (Lipinski definition) is 1. The largest absolute Gasteiger partial charge is 0.321 e. The van der Waals surface area contributed by atoms with Crippen molar-refractivity contribution in [2.45, 2.75) is 13.8 Å². The summed E-state index contributed by atoms with van der Waals surface area (Å²) in [6.07, 6.45) is 1.95. The molecule has 2 heteroatoms. The third-order valence-electron chi connectivity index (χ3n) is 3.55. The summed E-state index contributed by atoms with van der Waals surface area (Å²) in [7, 11) is 0. The van der Waals surface area contributed by atoms with Crippen LogP contribution in [0.15, 0.2) is 42.5 Å². The Morgan fingerprint density at radius 2 is 1.79 bits per heavy atom. The van der Waals surface area contributed by atoms with Crippen LogP contribution < -0.4 is 5.32 Å². The summed E-state index contributed by atoms with van der Waals surface area (Å²) in [6.45, 7) is 4.17. The molecule has 19 heavy (non-hydrogen) atoms. The number of rotatable bonds is 1. The van der Waals surface area contributed by atoms with E-state index in [1.54, 1.807) is 0 Å². The van der Waals surface area contributed by atoms with Gasteiger partial charge in [0, 0.05) is 16.8 Å². The second-order valence-corrected chi connectivity index (χ2v) is 4.90. The first-order chi connectivity index (χ1) is 9.15. The van der Waals surface area contributed by atoms with Crippen LogP contribution in [0.2, 0.25) is 0 Å². The molecule has 2 nitrogen and oxygen atoms in total. The number of carbonyl (C=O) groups excluding carboxylic acids is 1. The van der Waals surface area contributed by atoms with Crippen molar-refractivity contribution >= 4 is 23.2 Å². The van der Waals surface area contributed by atoms with Crippen LogP contribution in [0.4, 0.5) is 5.69 Å². The van der Waals surface area contributed by atoms with Crippen molar-refractivity contribution in [3.05, 3.63) is 64.7 Å². The van der Waals surface area contributed by atoms with Crippen LogP contribution in [-0.4, -0.2) is 5.91 Å². The van der Waals surface area contributed by atoms with E-state index >= 15 is 0 Å². The highest BCUT2D eigenvalue weighted by Crippen LogP contribution is 2.32. The van der Waals surface area contributed by atoms with E-state index in [9.17, 15) is 4.79 Å². The van der Waals surface area contributed by atoms with Crippen LogP contribution in [0.25, 0.3) is 11.6 Å². The van der Waals surface area contributed by atoms with Gasteiger partial charge in [-0.2, -0.15) is 0 Å². The average Bonchev–Trinajstić information content (AvgIpc) is 2.71. The highest BCUT2D eigenvalue weighted by atomic mass is 16.1. The summed E-state index contributed by atoms with van der Waals surface area (Å²) >= 11 is 0. The van der Waals surface area contributed by atoms with Gasteiger partial charge in [-0.05, 0) is 42.7 Å². The lowest BCUT2D eigenvalue weighted by atomic mass is 10.0. The topological polar surface area (TPSA) is 29.1 Å². The van der Waals surface area contributed by atoms with Gasteiger partial charge in [0.2, 0.25) is 0 Å². The van der Waals surface area contributed by atoms with Crippen molar-refractivity contribution < 1.29 is 4.79 Å². The normalized spacial score (nSPS) is 15.5. The lowest BCUT2D eigenvalue weighted by Gasteiger charge is -2.02. The number of para-hydroxylation sites is 1. The number of fused-ring (bicyclic) bond motifs is 1. The van der Waals surface area contributed by atoms with E-state index < -0.39 is 0 Å². The van der Waals surface area contributed by atoms with Gasteiger partial charge in [-0.15, -0.1) is 0 Å². The van der Waals surface area contributed by atoms with E-state index in [1.807, 2.05) is 36.4 Å². The first-order valence-corrected chi connectivity index (χ1v) is 6.35. The molecule has 0 bridgehead atoms. The standard InChI is InChI=1S/C17H15NO/c1-11-7-8-13(9-12(11)2)10-15-14-5-3-4-6-16(14)18-17(15)19/h3-10H,1-2H3,(H,18,19)/b15-10-. The van der Waals surface area contributed by atoms with Crippen molar-refractivity contribution in [3.8, 4) is 0 Å². The van der Waals surface area contributed by atoms with Crippen LogP contribution in [0, 0.1) is 13.8 Å². The second-order valence-electron chi connectivity index (χ2n) is 4.90. The maximum atomic E-state index is 12.0. The Labute approximate surface area is 112 Å². The molecule has 0 aliphatic carbocycles. The Morgan fingerprint density at radius 1 is 1.00 bits per heavy atom. The number of hydrogen-bond donors (Lipinski definition) is 1. The van der Waals surface area contributed by atoms with Gasteiger partial charge in [0.1, 0.15) is 0 Å². The summed E-state index contributed by atoms with van der Waals surface area (Å²) < 4.78 is 0. The van der Waals surface area contributed by atoms with E-state index in [1.165, 1.54) is 11.1 Å². The smallest absolute Gasteiger partial charge is 0.256 e. The summed E-state index contributed by atoms with van der Waals surface area (Å²) in [5.74, 6) is -0.0283. The highest BCUT2D eigenvalue weighted by molar-refractivity contribution is 6.34. The van der Waals surface area contributed by atoms with Gasteiger partial charge in [-0.1, -0.05) is 36.4 Å². The quantitative estimate of drug-likeness (QED) is 0.765. The molecule has 0 unspecified atom stereocenters. The van der Waals surface area contributed by atoms with E-state index in [0.717, 1.165) is 22.4 Å². The molecule has 0 spiro atoms. The Kier molecular flexibility index (Phi) is 2.71. The monoisotopic (exact) mass is 249 g/mol. The lowest BCUT2D eigenvalue weighted by Crippen LogP contribution is -2.03. The molecule has 3 rings (SSSR count). The lowest BCUT2D eigenvalue weighted by molar-refractivity contribution is -0.110. The number of carbonyl (C=O) groups is 1. The average molecular weight is 249 g/mol. The predicted molar refractivity (Wildman–Crippen MR) is 78.9 cm³/mol. The van der Waals surface area contributed by atoms with Crippen molar-refractivity contribution in [1.82, 2.24) is 0 Å². The fourth-order valence-electron chi connectivity index (χ4n) is 2.30. The van der Waals surface area contributed by atoms with Gasteiger partial charge in [-0.3, -0.25) is 4.79 Å². The van der Waals surface area contributed by atoms with Gasteiger partial charge in [0.15, 0.2) is 0 Å². The van der Waals surface area contributed by atoms with Crippen molar-refractivity contribution in [2.75, 3.05) is 5.32 Å². The molecule has 1 N–H and O–H groups in total. The molecule has 94 valence electrons. The summed E-state index contributed by atoms with van der Waals surface area (Å²) in [5, 5.41) is 2.89. The van der Waals surface area contributed by atoms with Crippen LogP contribution in [0.3, 0.4) is 0 Å². The Hall–Kier alpha value is -2.35. The molecule has 0 atom stereocenters. The molecule has 0 aromatic heterocycles. The Morgan fingerprint density at radius 3 is 2.58 bits per heavy atom. The summed E-state index contributed by atoms with van der Waals surface area (Å²) in [4.78, 5) is 12.0. The van der Waals surface area contributed by atoms with Gasteiger partial charge in [0.05, 0.1) is 0 Å². The Bertz CT molecular complexity index is 698. The zero-order chi connectivity index (χ0) is 13.4. The van der Waals surface area contributed by atoms with Gasteiger partial charge >= 0.3 is 0 Å². The summed E-state index contributed by atoms with van der Waals surface area (Å²) in [6, 6.07) is 14.0. The zero-order valence-electron chi connectivity index (χ0n) is 11.0. The van der Waals surface area contributed by atoms with Gasteiger partial charge in [-0.25, -0.2) is 0 Å². The molecule has 1 aliphatic heterocycles. The number of anilines is 1. The summed E-state index contributed by atoms with van der Waals surface area (Å²) in [5.41, 5.74) is 6.16. The molecular formula is C17H15NO. The molecule has 1 heterocycles. The van der Waals surface area contributed by atoms with E-state index in [2.05, 4.69) is 31.3 Å². The number of nitrogens with one attached hydrogen (secondary N) is 1. The predicted octanol–water partition coefficient (Wildman–Crippen LogP) is 3.80. The molecule has 2 aromatic carbocycles. The third-order valence-corrected chi connectivity index (χ3v) is 3.55. The van der Waals surface area contributed by atoms with Crippen LogP contribution in [0.5, 0.6) is 0 Å². The van der Waals surface area contributed by atoms with Crippen LogP contribution >= 0.6 is 0 Å². The third kappa shape index (κ3) is 2.06. The molecule has 0 saturated carbocycles. The minimum atomic E-state index is -0.0283. The second kappa shape index (κ2) is 4.39.